The fourth-order valence-electron chi connectivity index (χ4n) is 5.74. The molecule has 7 nitrogen and oxygen atoms in total. The lowest BCUT2D eigenvalue weighted by molar-refractivity contribution is -0.149. The number of carbonyl (C=O) groups is 2. The largest absolute Gasteiger partial charge is 0.392 e. The average Bonchev–Trinajstić information content (AvgIpc) is 2.67. The number of nitriles is 1. The van der Waals surface area contributed by atoms with Crippen molar-refractivity contribution in [3.8, 4) is 6.07 Å². The lowest BCUT2D eigenvalue weighted by atomic mass is 9.51. The standard InChI is InChI=1S/C22H38N4O3/c1-6-24-21(29)25-17-9-11-22(4)10-8-16(19(27)18(22)15(17)3)14(2)20(28)26(5)13-7-12-23/h14-19,27H,6-11,13H2,1-5H3,(H2,24,25,29). The van der Waals surface area contributed by atoms with E-state index in [0.29, 0.717) is 19.5 Å². The van der Waals surface area contributed by atoms with Crippen LogP contribution in [0.2, 0.25) is 0 Å². The van der Waals surface area contributed by atoms with Gasteiger partial charge < -0.3 is 20.6 Å². The van der Waals surface area contributed by atoms with Crippen molar-refractivity contribution in [2.45, 2.75) is 71.9 Å². The first kappa shape index (κ1) is 23.5. The van der Waals surface area contributed by atoms with E-state index in [9.17, 15) is 14.7 Å². The fraction of sp³-hybridized carbons (Fsp3) is 0.864. The van der Waals surface area contributed by atoms with Crippen LogP contribution in [0, 0.1) is 40.4 Å². The highest BCUT2D eigenvalue weighted by Crippen LogP contribution is 2.55. The second-order valence-corrected chi connectivity index (χ2v) is 9.34. The number of carbonyl (C=O) groups excluding carboxylic acids is 2. The Morgan fingerprint density at radius 2 is 2.00 bits per heavy atom. The monoisotopic (exact) mass is 406 g/mol. The molecule has 2 aliphatic carbocycles. The molecule has 0 aromatic carbocycles. The molecule has 0 radical (unpaired) electrons. The number of rotatable bonds is 6. The lowest BCUT2D eigenvalue weighted by Gasteiger charge is -2.56. The molecule has 2 rings (SSSR count). The molecule has 2 aliphatic rings. The Hall–Kier alpha value is -1.81. The first-order chi connectivity index (χ1) is 13.7. The quantitative estimate of drug-likeness (QED) is 0.630. The maximum absolute atomic E-state index is 12.8. The van der Waals surface area contributed by atoms with Crippen molar-refractivity contribution in [2.75, 3.05) is 20.1 Å². The summed E-state index contributed by atoms with van der Waals surface area (Å²) in [6.45, 7) is 9.16. The number of aliphatic hydroxyl groups excluding tert-OH is 1. The molecule has 3 N–H and O–H groups in total. The number of urea groups is 1. The van der Waals surface area contributed by atoms with E-state index >= 15 is 0 Å². The number of amides is 3. The second-order valence-electron chi connectivity index (χ2n) is 9.34. The van der Waals surface area contributed by atoms with Crippen LogP contribution in [0.1, 0.15) is 59.8 Å². The Labute approximate surface area is 175 Å². The van der Waals surface area contributed by atoms with Gasteiger partial charge in [-0.05, 0) is 55.8 Å². The Bertz CT molecular complexity index is 634. The van der Waals surface area contributed by atoms with Crippen LogP contribution in [0.4, 0.5) is 4.79 Å². The molecule has 29 heavy (non-hydrogen) atoms. The topological polar surface area (TPSA) is 105 Å². The first-order valence-corrected chi connectivity index (χ1v) is 11.0. The molecule has 0 aromatic heterocycles. The molecule has 164 valence electrons. The van der Waals surface area contributed by atoms with Crippen LogP contribution >= 0.6 is 0 Å². The predicted octanol–water partition coefficient (Wildman–Crippen LogP) is 2.51. The van der Waals surface area contributed by atoms with Crippen molar-refractivity contribution < 1.29 is 14.7 Å². The minimum absolute atomic E-state index is 0.00614. The summed E-state index contributed by atoms with van der Waals surface area (Å²) in [5.41, 5.74) is 0.0320. The maximum Gasteiger partial charge on any atom is 0.315 e. The van der Waals surface area contributed by atoms with Crippen molar-refractivity contribution in [2.24, 2.45) is 29.1 Å². The summed E-state index contributed by atoms with van der Waals surface area (Å²) >= 11 is 0. The van der Waals surface area contributed by atoms with E-state index in [0.717, 1.165) is 25.7 Å². The van der Waals surface area contributed by atoms with Gasteiger partial charge in [-0.1, -0.05) is 20.8 Å². The van der Waals surface area contributed by atoms with Gasteiger partial charge in [-0.2, -0.15) is 5.26 Å². The van der Waals surface area contributed by atoms with Crippen LogP contribution in [0.15, 0.2) is 0 Å². The minimum Gasteiger partial charge on any atom is -0.392 e. The zero-order chi connectivity index (χ0) is 21.8. The number of hydrogen-bond acceptors (Lipinski definition) is 4. The fourth-order valence-corrected chi connectivity index (χ4v) is 5.74. The van der Waals surface area contributed by atoms with Gasteiger partial charge in [0.2, 0.25) is 5.91 Å². The molecule has 0 saturated heterocycles. The minimum atomic E-state index is -0.578. The van der Waals surface area contributed by atoms with E-state index < -0.39 is 6.10 Å². The third kappa shape index (κ3) is 5.03. The van der Waals surface area contributed by atoms with Crippen molar-refractivity contribution >= 4 is 11.9 Å². The molecule has 0 bridgehead atoms. The Morgan fingerprint density at radius 1 is 1.34 bits per heavy atom. The normalized spacial score (nSPS) is 35.0. The van der Waals surface area contributed by atoms with E-state index in [-0.39, 0.29) is 47.1 Å². The molecule has 0 aliphatic heterocycles. The summed E-state index contributed by atoms with van der Waals surface area (Å²) in [4.78, 5) is 26.5. The maximum atomic E-state index is 12.8. The second kappa shape index (κ2) is 9.80. The molecule has 7 atom stereocenters. The number of fused-ring (bicyclic) bond motifs is 1. The molecule has 0 spiro atoms. The Balaban J connectivity index is 2.13. The Morgan fingerprint density at radius 3 is 2.62 bits per heavy atom. The molecule has 0 heterocycles. The molecular weight excluding hydrogens is 368 g/mol. The van der Waals surface area contributed by atoms with E-state index in [4.69, 9.17) is 5.26 Å². The molecule has 7 heteroatoms. The van der Waals surface area contributed by atoms with Crippen LogP contribution in [0.5, 0.6) is 0 Å². The number of aliphatic hydroxyl groups is 1. The highest BCUT2D eigenvalue weighted by Gasteiger charge is 2.54. The molecule has 7 unspecified atom stereocenters. The van der Waals surface area contributed by atoms with Crippen LogP contribution in [0.3, 0.4) is 0 Å². The summed E-state index contributed by atoms with van der Waals surface area (Å²) in [6, 6.07) is 1.95. The summed E-state index contributed by atoms with van der Waals surface area (Å²) in [7, 11) is 1.73. The molecule has 2 fully saturated rings. The summed E-state index contributed by atoms with van der Waals surface area (Å²) < 4.78 is 0. The van der Waals surface area contributed by atoms with Gasteiger partial charge >= 0.3 is 6.03 Å². The smallest absolute Gasteiger partial charge is 0.315 e. The van der Waals surface area contributed by atoms with E-state index in [1.165, 1.54) is 0 Å². The van der Waals surface area contributed by atoms with Gasteiger partial charge in [-0.3, -0.25) is 4.79 Å². The van der Waals surface area contributed by atoms with E-state index in [2.05, 4.69) is 30.6 Å². The molecule has 2 saturated carbocycles. The van der Waals surface area contributed by atoms with Crippen molar-refractivity contribution in [1.82, 2.24) is 15.5 Å². The van der Waals surface area contributed by atoms with Gasteiger partial charge in [0.25, 0.3) is 0 Å². The van der Waals surface area contributed by atoms with Crippen molar-refractivity contribution in [3.63, 3.8) is 0 Å². The molecule has 3 amide bonds. The molecular formula is C22H38N4O3. The summed E-state index contributed by atoms with van der Waals surface area (Å²) in [5, 5.41) is 26.0. The number of nitrogens with one attached hydrogen (secondary N) is 2. The van der Waals surface area contributed by atoms with Crippen LogP contribution in [-0.4, -0.2) is 54.2 Å². The Kier molecular flexibility index (Phi) is 7.93. The zero-order valence-corrected chi connectivity index (χ0v) is 18.6. The molecule has 0 aromatic rings. The van der Waals surface area contributed by atoms with Gasteiger partial charge in [0.05, 0.1) is 18.6 Å². The third-order valence-electron chi connectivity index (χ3n) is 7.51. The van der Waals surface area contributed by atoms with Gasteiger partial charge in [0.1, 0.15) is 0 Å². The van der Waals surface area contributed by atoms with Crippen LogP contribution in [-0.2, 0) is 4.79 Å². The SMILES string of the molecule is CCNC(=O)NC1CCC2(C)CCC(C(C)C(=O)N(C)CCC#N)C(O)C2C1C. The predicted molar refractivity (Wildman–Crippen MR) is 112 cm³/mol. The number of nitrogens with zero attached hydrogens (tertiary/aromatic N) is 2. The van der Waals surface area contributed by atoms with E-state index in [1.807, 2.05) is 13.8 Å². The van der Waals surface area contributed by atoms with Crippen LogP contribution < -0.4 is 10.6 Å². The lowest BCUT2D eigenvalue weighted by Crippen LogP contribution is -2.59. The van der Waals surface area contributed by atoms with Crippen LogP contribution in [0.25, 0.3) is 0 Å². The summed E-state index contributed by atoms with van der Waals surface area (Å²) in [5.74, 6) is -0.222. The van der Waals surface area contributed by atoms with E-state index in [1.54, 1.807) is 11.9 Å². The number of hydrogen-bond donors (Lipinski definition) is 3. The highest BCUT2D eigenvalue weighted by molar-refractivity contribution is 5.78. The highest BCUT2D eigenvalue weighted by atomic mass is 16.3. The van der Waals surface area contributed by atoms with Gasteiger partial charge in [-0.25, -0.2) is 4.79 Å². The van der Waals surface area contributed by atoms with Gasteiger partial charge in [-0.15, -0.1) is 0 Å². The van der Waals surface area contributed by atoms with Gasteiger partial charge in [0.15, 0.2) is 0 Å². The van der Waals surface area contributed by atoms with Crippen molar-refractivity contribution in [1.29, 1.82) is 5.26 Å². The van der Waals surface area contributed by atoms with Crippen molar-refractivity contribution in [3.05, 3.63) is 0 Å². The first-order valence-electron chi connectivity index (χ1n) is 11.0. The zero-order valence-electron chi connectivity index (χ0n) is 18.6. The average molecular weight is 407 g/mol. The third-order valence-corrected chi connectivity index (χ3v) is 7.51. The van der Waals surface area contributed by atoms with Gasteiger partial charge in [0, 0.05) is 32.1 Å². The summed E-state index contributed by atoms with van der Waals surface area (Å²) in [6.07, 6.45) is 3.42.